The van der Waals surface area contributed by atoms with Crippen molar-refractivity contribution < 1.29 is 20.1 Å². The van der Waals surface area contributed by atoms with Crippen molar-refractivity contribution in [1.82, 2.24) is 14.5 Å². The number of hydrogen-bond acceptors (Lipinski definition) is 7. The molecule has 4 atom stereocenters. The van der Waals surface area contributed by atoms with Crippen LogP contribution < -0.4 is 11.0 Å². The minimum atomic E-state index is -1.32. The minimum absolute atomic E-state index is 0.410. The summed E-state index contributed by atoms with van der Waals surface area (Å²) < 4.78 is 6.47. The summed E-state index contributed by atoms with van der Waals surface area (Å²) in [7, 11) is 0. The number of rotatable bonds is 6. The lowest BCUT2D eigenvalue weighted by Crippen LogP contribution is -2.36. The maximum atomic E-state index is 12.3. The molecule has 3 aromatic rings. The Labute approximate surface area is 160 Å². The topological polar surface area (TPSA) is 133 Å². The Balaban J connectivity index is 1.42. The van der Waals surface area contributed by atoms with Gasteiger partial charge in [-0.05, 0) is 24.1 Å². The number of benzene rings is 1. The predicted octanol–water partition coefficient (Wildman–Crippen LogP) is -0.00930. The zero-order valence-electron chi connectivity index (χ0n) is 15.0. The van der Waals surface area contributed by atoms with Crippen molar-refractivity contribution in [2.75, 3.05) is 18.5 Å². The molecule has 28 heavy (non-hydrogen) atoms. The quantitative estimate of drug-likeness (QED) is 0.402. The minimum Gasteiger partial charge on any atom is -0.394 e. The van der Waals surface area contributed by atoms with E-state index in [1.165, 1.54) is 11.8 Å². The van der Waals surface area contributed by atoms with Crippen LogP contribution in [0.2, 0.25) is 0 Å². The van der Waals surface area contributed by atoms with E-state index >= 15 is 0 Å². The molecule has 3 heterocycles. The zero-order valence-corrected chi connectivity index (χ0v) is 15.0. The van der Waals surface area contributed by atoms with Crippen LogP contribution in [0.25, 0.3) is 10.9 Å². The average Bonchev–Trinajstić information content (AvgIpc) is 3.24. The molecule has 1 aliphatic heterocycles. The first-order chi connectivity index (χ1) is 13.6. The summed E-state index contributed by atoms with van der Waals surface area (Å²) in [6, 6.07) is 9.65. The molecule has 0 radical (unpaired) electrons. The molecule has 0 amide bonds. The lowest BCUT2D eigenvalue weighted by molar-refractivity contribution is -0.0549. The maximum Gasteiger partial charge on any atom is 0.351 e. The molecule has 2 aromatic heterocycles. The first-order valence-electron chi connectivity index (χ1n) is 9.09. The van der Waals surface area contributed by atoms with Gasteiger partial charge in [0.25, 0.3) is 0 Å². The van der Waals surface area contributed by atoms with Crippen molar-refractivity contribution in [3.8, 4) is 0 Å². The number of nitrogens with one attached hydrogen (secondary N) is 2. The summed E-state index contributed by atoms with van der Waals surface area (Å²) in [5.74, 6) is 0.410. The molecule has 0 saturated carbocycles. The molecule has 1 aliphatic rings. The lowest BCUT2D eigenvalue weighted by Gasteiger charge is -2.17. The number of hydrogen-bond donors (Lipinski definition) is 5. The van der Waals surface area contributed by atoms with Gasteiger partial charge in [0, 0.05) is 29.8 Å². The summed E-state index contributed by atoms with van der Waals surface area (Å²) in [6.45, 7) is 0.135. The third-order valence-corrected chi connectivity index (χ3v) is 5.00. The Bertz CT molecular complexity index is 1020. The fraction of sp³-hybridized carbons (Fsp3) is 0.368. The van der Waals surface area contributed by atoms with Crippen LogP contribution >= 0.6 is 0 Å². The third-order valence-electron chi connectivity index (χ3n) is 5.00. The van der Waals surface area contributed by atoms with Crippen molar-refractivity contribution in [2.45, 2.75) is 31.0 Å². The molecule has 1 aromatic carbocycles. The number of para-hydroxylation sites is 1. The van der Waals surface area contributed by atoms with Gasteiger partial charge in [-0.1, -0.05) is 18.2 Å². The second-order valence-corrected chi connectivity index (χ2v) is 6.77. The number of aromatic amines is 1. The molecule has 1 saturated heterocycles. The molecule has 5 N–H and O–H groups in total. The van der Waals surface area contributed by atoms with Crippen LogP contribution in [-0.4, -0.2) is 61.3 Å². The first kappa shape index (κ1) is 18.6. The molecule has 0 aliphatic carbocycles. The number of nitrogens with zero attached hydrogens (tertiary/aromatic N) is 2. The molecular weight excluding hydrogens is 364 g/mol. The summed E-state index contributed by atoms with van der Waals surface area (Å²) in [5, 5.41) is 33.3. The van der Waals surface area contributed by atoms with E-state index in [0.29, 0.717) is 12.4 Å². The highest BCUT2D eigenvalue weighted by atomic mass is 16.6. The summed E-state index contributed by atoms with van der Waals surface area (Å²) in [5.41, 5.74) is 1.63. The standard InChI is InChI=1S/C19H22N4O5/c24-10-14-16(25)17(26)18(28-14)23-8-6-15(22-19(23)27)20-7-5-11-9-21-13-4-2-1-3-12(11)13/h1-4,6,8-9,14,16-18,21,24-26H,5,7,10H2,(H,20,22,27)/t14-,16+,17-,18+/m0/s1. The second kappa shape index (κ2) is 7.72. The smallest absolute Gasteiger partial charge is 0.351 e. The summed E-state index contributed by atoms with van der Waals surface area (Å²) in [4.78, 5) is 19.5. The van der Waals surface area contributed by atoms with Crippen LogP contribution in [0.3, 0.4) is 0 Å². The number of anilines is 1. The SMILES string of the molecule is O=c1nc(NCCc2c[nH]c3ccccc23)ccn1[C@@H]1O[C@@H](CO)[C@@H](O)[C@@H]1O. The van der Waals surface area contributed by atoms with Crippen LogP contribution in [0, 0.1) is 0 Å². The molecule has 9 heteroatoms. The Morgan fingerprint density at radius 1 is 1.21 bits per heavy atom. The predicted molar refractivity (Wildman–Crippen MR) is 102 cm³/mol. The van der Waals surface area contributed by atoms with E-state index in [-0.39, 0.29) is 0 Å². The summed E-state index contributed by atoms with van der Waals surface area (Å²) in [6.07, 6.45) is -0.450. The number of H-pyrrole nitrogens is 1. The highest BCUT2D eigenvalue weighted by Crippen LogP contribution is 2.28. The average molecular weight is 386 g/mol. The normalized spacial score (nSPS) is 24.7. The number of fused-ring (bicyclic) bond motifs is 1. The van der Waals surface area contributed by atoms with Crippen LogP contribution in [-0.2, 0) is 11.2 Å². The Hall–Kier alpha value is -2.72. The number of aromatic nitrogens is 3. The van der Waals surface area contributed by atoms with E-state index in [1.807, 2.05) is 24.4 Å². The van der Waals surface area contributed by atoms with Crippen molar-refractivity contribution >= 4 is 16.7 Å². The van der Waals surface area contributed by atoms with Crippen molar-refractivity contribution in [1.29, 1.82) is 0 Å². The Morgan fingerprint density at radius 2 is 2.04 bits per heavy atom. The first-order valence-corrected chi connectivity index (χ1v) is 9.09. The van der Waals surface area contributed by atoms with Gasteiger partial charge in [0.05, 0.1) is 6.61 Å². The Morgan fingerprint density at radius 3 is 2.79 bits per heavy atom. The van der Waals surface area contributed by atoms with E-state index < -0.39 is 36.8 Å². The van der Waals surface area contributed by atoms with E-state index in [4.69, 9.17) is 9.84 Å². The molecule has 148 valence electrons. The van der Waals surface area contributed by atoms with Gasteiger partial charge >= 0.3 is 5.69 Å². The monoisotopic (exact) mass is 386 g/mol. The van der Waals surface area contributed by atoms with Crippen molar-refractivity contribution in [3.05, 3.63) is 58.8 Å². The van der Waals surface area contributed by atoms with E-state index in [2.05, 4.69) is 21.4 Å². The fourth-order valence-electron chi connectivity index (χ4n) is 3.48. The van der Waals surface area contributed by atoms with Crippen LogP contribution in [0.4, 0.5) is 5.82 Å². The number of aliphatic hydroxyl groups excluding tert-OH is 3. The fourth-order valence-corrected chi connectivity index (χ4v) is 3.48. The van der Waals surface area contributed by atoms with Gasteiger partial charge in [0.2, 0.25) is 0 Å². The molecule has 1 fully saturated rings. The number of ether oxygens (including phenoxy) is 1. The van der Waals surface area contributed by atoms with Gasteiger partial charge in [0.1, 0.15) is 24.1 Å². The van der Waals surface area contributed by atoms with Gasteiger partial charge in [-0.25, -0.2) is 4.79 Å². The number of aliphatic hydroxyl groups is 3. The van der Waals surface area contributed by atoms with Gasteiger partial charge in [0.15, 0.2) is 6.23 Å². The Kier molecular flexibility index (Phi) is 5.14. The van der Waals surface area contributed by atoms with Crippen molar-refractivity contribution in [2.24, 2.45) is 0 Å². The summed E-state index contributed by atoms with van der Waals surface area (Å²) >= 11 is 0. The zero-order chi connectivity index (χ0) is 19.7. The second-order valence-electron chi connectivity index (χ2n) is 6.77. The lowest BCUT2D eigenvalue weighted by atomic mass is 10.1. The van der Waals surface area contributed by atoms with E-state index in [1.54, 1.807) is 6.07 Å². The van der Waals surface area contributed by atoms with E-state index in [0.717, 1.165) is 21.9 Å². The molecular formula is C19H22N4O5. The van der Waals surface area contributed by atoms with Crippen LogP contribution in [0.5, 0.6) is 0 Å². The van der Waals surface area contributed by atoms with Crippen molar-refractivity contribution in [3.63, 3.8) is 0 Å². The molecule has 0 unspecified atom stereocenters. The maximum absolute atomic E-state index is 12.3. The van der Waals surface area contributed by atoms with Gasteiger partial charge in [-0.2, -0.15) is 4.98 Å². The third kappa shape index (κ3) is 3.40. The van der Waals surface area contributed by atoms with Gasteiger partial charge in [-0.3, -0.25) is 4.57 Å². The largest absolute Gasteiger partial charge is 0.394 e. The highest BCUT2D eigenvalue weighted by molar-refractivity contribution is 5.83. The highest BCUT2D eigenvalue weighted by Gasteiger charge is 2.43. The van der Waals surface area contributed by atoms with E-state index in [9.17, 15) is 15.0 Å². The van der Waals surface area contributed by atoms with Gasteiger partial charge < -0.3 is 30.4 Å². The molecule has 9 nitrogen and oxygen atoms in total. The molecule has 0 spiro atoms. The van der Waals surface area contributed by atoms with Crippen LogP contribution in [0.1, 0.15) is 11.8 Å². The molecule has 4 rings (SSSR count). The van der Waals surface area contributed by atoms with Crippen LogP contribution in [0.15, 0.2) is 47.5 Å². The molecule has 0 bridgehead atoms. The van der Waals surface area contributed by atoms with Gasteiger partial charge in [-0.15, -0.1) is 0 Å².